The van der Waals surface area contributed by atoms with Crippen molar-refractivity contribution >= 4 is 63.6 Å². The summed E-state index contributed by atoms with van der Waals surface area (Å²) in [7, 11) is 0. The topological polar surface area (TPSA) is 123 Å². The zero-order valence-corrected chi connectivity index (χ0v) is 30.9. The number of ether oxygens (including phenoxy) is 2. The van der Waals surface area contributed by atoms with E-state index in [1.807, 2.05) is 49.6 Å². The number of carbonyl (C=O) groups excluding carboxylic acids is 4. The number of carbonyl (C=O) groups is 4. The molecule has 3 amide bonds. The molecule has 1 heterocycles. The molecule has 0 aliphatic heterocycles. The van der Waals surface area contributed by atoms with Gasteiger partial charge in [0.05, 0.1) is 18.5 Å². The number of anilines is 2. The second kappa shape index (κ2) is 18.0. The van der Waals surface area contributed by atoms with Crippen molar-refractivity contribution in [1.29, 1.82) is 0 Å². The highest BCUT2D eigenvalue weighted by Gasteiger charge is 2.25. The first-order valence-corrected chi connectivity index (χ1v) is 18.5. The summed E-state index contributed by atoms with van der Waals surface area (Å²) < 4.78 is 10.9. The Hall–Kier alpha value is -5.65. The van der Waals surface area contributed by atoms with Crippen molar-refractivity contribution in [1.82, 2.24) is 5.32 Å². The molecular weight excluding hydrogens is 695 g/mol. The van der Waals surface area contributed by atoms with E-state index < -0.39 is 23.0 Å². The Morgan fingerprint density at radius 1 is 0.846 bits per heavy atom. The molecule has 9 nitrogen and oxygen atoms in total. The minimum absolute atomic E-state index is 0.0437. The predicted octanol–water partition coefficient (Wildman–Crippen LogP) is 8.83. The number of hydrogen-bond acceptors (Lipinski definition) is 8. The summed E-state index contributed by atoms with van der Waals surface area (Å²) in [4.78, 5) is 53.9. The van der Waals surface area contributed by atoms with Gasteiger partial charge < -0.3 is 25.4 Å². The van der Waals surface area contributed by atoms with Crippen molar-refractivity contribution in [2.45, 2.75) is 37.8 Å². The number of aryl methyl sites for hydroxylation is 1. The number of thioether (sulfide) groups is 1. The molecule has 0 saturated carbocycles. The van der Waals surface area contributed by atoms with E-state index in [2.05, 4.69) is 16.0 Å². The third-order valence-corrected chi connectivity index (χ3v) is 9.66. The molecule has 1 unspecified atom stereocenters. The van der Waals surface area contributed by atoms with E-state index in [9.17, 15) is 19.2 Å². The Morgan fingerprint density at radius 2 is 1.58 bits per heavy atom. The molecular formula is C41H39N3O6S2. The van der Waals surface area contributed by atoms with E-state index in [1.54, 1.807) is 92.7 Å². The van der Waals surface area contributed by atoms with E-state index >= 15 is 0 Å². The quantitative estimate of drug-likeness (QED) is 0.0592. The molecule has 52 heavy (non-hydrogen) atoms. The molecule has 0 spiro atoms. The first kappa shape index (κ1) is 37.6. The van der Waals surface area contributed by atoms with Gasteiger partial charge in [0.1, 0.15) is 22.0 Å². The van der Waals surface area contributed by atoms with Gasteiger partial charge in [-0.15, -0.1) is 23.1 Å². The zero-order chi connectivity index (χ0) is 37.0. The Labute approximate surface area is 311 Å². The largest absolute Gasteiger partial charge is 0.494 e. The van der Waals surface area contributed by atoms with Gasteiger partial charge in [-0.25, -0.2) is 4.79 Å². The normalized spacial score (nSPS) is 11.7. The van der Waals surface area contributed by atoms with Crippen LogP contribution in [0.4, 0.5) is 10.7 Å². The molecule has 0 bridgehead atoms. The molecule has 1 aromatic heterocycles. The average molecular weight is 734 g/mol. The smallest absolute Gasteiger partial charge is 0.341 e. The first-order chi connectivity index (χ1) is 25.1. The molecule has 3 N–H and O–H groups in total. The standard InChI is InChI=1S/C41H39N3O6S2/c1-5-49-32-21-17-28(18-22-32)23-35(43-38(46)30-11-8-7-9-12-30)39(47)42-31-13-10-14-33(24-31)52-27(4)37(45)44-40-36(41(48)50-6-2)34(25-51-40)29-19-15-26(3)16-20-29/h7-25,27H,5-6H2,1-4H3,(H,42,47)(H,43,46)(H,44,45)/b35-23+. The van der Waals surface area contributed by atoms with Gasteiger partial charge in [-0.1, -0.05) is 66.2 Å². The van der Waals surface area contributed by atoms with E-state index in [0.717, 1.165) is 16.0 Å². The first-order valence-electron chi connectivity index (χ1n) is 16.7. The maximum absolute atomic E-state index is 13.6. The SMILES string of the molecule is CCOC(=O)c1c(-c2ccc(C)cc2)csc1NC(=O)C(C)Sc1cccc(NC(=O)/C(=C\c2ccc(OCC)cc2)NC(=O)c2ccccc2)c1. The molecule has 266 valence electrons. The van der Waals surface area contributed by atoms with Crippen LogP contribution in [0.15, 0.2) is 119 Å². The van der Waals surface area contributed by atoms with Gasteiger partial charge in [-0.2, -0.15) is 0 Å². The summed E-state index contributed by atoms with van der Waals surface area (Å²) in [5, 5.41) is 10.3. The van der Waals surface area contributed by atoms with Gasteiger partial charge in [0.25, 0.3) is 11.8 Å². The highest BCUT2D eigenvalue weighted by atomic mass is 32.2. The van der Waals surface area contributed by atoms with Gasteiger partial charge in [0, 0.05) is 27.1 Å². The summed E-state index contributed by atoms with van der Waals surface area (Å²) in [6.07, 6.45) is 1.59. The fourth-order valence-corrected chi connectivity index (χ4v) is 6.94. The van der Waals surface area contributed by atoms with E-state index in [-0.39, 0.29) is 18.2 Å². The molecule has 0 aliphatic rings. The van der Waals surface area contributed by atoms with Crippen LogP contribution in [0.1, 0.15) is 52.6 Å². The maximum Gasteiger partial charge on any atom is 0.341 e. The summed E-state index contributed by atoms with van der Waals surface area (Å²) in [6, 6.07) is 30.7. The van der Waals surface area contributed by atoms with Crippen molar-refractivity contribution in [2.75, 3.05) is 23.8 Å². The van der Waals surface area contributed by atoms with Crippen molar-refractivity contribution in [3.05, 3.63) is 136 Å². The molecule has 0 fully saturated rings. The van der Waals surface area contributed by atoms with Crippen LogP contribution in [-0.2, 0) is 14.3 Å². The van der Waals surface area contributed by atoms with Crippen LogP contribution in [0.2, 0.25) is 0 Å². The van der Waals surface area contributed by atoms with E-state index in [0.29, 0.717) is 45.3 Å². The fourth-order valence-electron chi connectivity index (χ4n) is 5.05. The highest BCUT2D eigenvalue weighted by Crippen LogP contribution is 2.37. The predicted molar refractivity (Wildman–Crippen MR) is 209 cm³/mol. The average Bonchev–Trinajstić information content (AvgIpc) is 3.56. The van der Waals surface area contributed by atoms with Gasteiger partial charge in [0.2, 0.25) is 5.91 Å². The van der Waals surface area contributed by atoms with E-state index in [4.69, 9.17) is 9.47 Å². The van der Waals surface area contributed by atoms with Crippen LogP contribution in [0.25, 0.3) is 17.2 Å². The molecule has 0 radical (unpaired) electrons. The van der Waals surface area contributed by atoms with Crippen LogP contribution in [0, 0.1) is 6.92 Å². The Bertz CT molecular complexity index is 2060. The van der Waals surface area contributed by atoms with E-state index in [1.165, 1.54) is 23.1 Å². The van der Waals surface area contributed by atoms with Crippen LogP contribution < -0.4 is 20.7 Å². The van der Waals surface area contributed by atoms with Crippen LogP contribution >= 0.6 is 23.1 Å². The van der Waals surface area contributed by atoms with Crippen molar-refractivity contribution in [3.8, 4) is 16.9 Å². The van der Waals surface area contributed by atoms with Gasteiger partial charge in [0.15, 0.2) is 0 Å². The van der Waals surface area contributed by atoms with Crippen LogP contribution in [0.3, 0.4) is 0 Å². The summed E-state index contributed by atoms with van der Waals surface area (Å²) >= 11 is 2.56. The highest BCUT2D eigenvalue weighted by molar-refractivity contribution is 8.00. The Balaban J connectivity index is 1.30. The molecule has 11 heteroatoms. The molecule has 0 aliphatic carbocycles. The number of thiophene rings is 1. The minimum Gasteiger partial charge on any atom is -0.494 e. The molecule has 5 aromatic rings. The minimum atomic E-state index is -0.564. The summed E-state index contributed by atoms with van der Waals surface area (Å²) in [5.74, 6) is -1.07. The fraction of sp³-hybridized carbons (Fsp3) is 0.171. The number of esters is 1. The second-order valence-electron chi connectivity index (χ2n) is 11.6. The summed E-state index contributed by atoms with van der Waals surface area (Å²) in [5.41, 5.74) is 4.56. The lowest BCUT2D eigenvalue weighted by Gasteiger charge is -2.14. The molecule has 5 rings (SSSR count). The van der Waals surface area contributed by atoms with Crippen LogP contribution in [-0.4, -0.2) is 42.2 Å². The second-order valence-corrected chi connectivity index (χ2v) is 13.8. The van der Waals surface area contributed by atoms with Crippen molar-refractivity contribution in [2.24, 2.45) is 0 Å². The van der Waals surface area contributed by atoms with Gasteiger partial charge in [-0.3, -0.25) is 14.4 Å². The lowest BCUT2D eigenvalue weighted by atomic mass is 10.0. The maximum atomic E-state index is 13.6. The lowest BCUT2D eigenvalue weighted by molar-refractivity contribution is -0.115. The lowest BCUT2D eigenvalue weighted by Crippen LogP contribution is -2.30. The Kier molecular flexibility index (Phi) is 13.0. The number of amides is 3. The summed E-state index contributed by atoms with van der Waals surface area (Å²) in [6.45, 7) is 8.12. The zero-order valence-electron chi connectivity index (χ0n) is 29.2. The number of rotatable bonds is 14. The third kappa shape index (κ3) is 9.99. The molecule has 1 atom stereocenters. The van der Waals surface area contributed by atoms with Gasteiger partial charge in [-0.05, 0) is 87.4 Å². The molecule has 4 aromatic carbocycles. The van der Waals surface area contributed by atoms with Crippen molar-refractivity contribution < 1.29 is 28.7 Å². The van der Waals surface area contributed by atoms with Crippen molar-refractivity contribution in [3.63, 3.8) is 0 Å². The van der Waals surface area contributed by atoms with Gasteiger partial charge >= 0.3 is 5.97 Å². The number of hydrogen-bond donors (Lipinski definition) is 3. The number of nitrogens with one attached hydrogen (secondary N) is 3. The Morgan fingerprint density at radius 3 is 2.27 bits per heavy atom. The van der Waals surface area contributed by atoms with Crippen LogP contribution in [0.5, 0.6) is 5.75 Å². The monoisotopic (exact) mass is 733 g/mol. The number of benzene rings is 4. The third-order valence-electron chi connectivity index (χ3n) is 7.67. The molecule has 0 saturated heterocycles.